The summed E-state index contributed by atoms with van der Waals surface area (Å²) >= 11 is 0. The number of carboxylic acids is 1. The number of nitrogens with one attached hydrogen (secondary N) is 1. The summed E-state index contributed by atoms with van der Waals surface area (Å²) in [6.07, 6.45) is 3.62. The molecular formula is C15H28N2O4. The van der Waals surface area contributed by atoms with Crippen LogP contribution in [0.2, 0.25) is 0 Å². The van der Waals surface area contributed by atoms with E-state index in [9.17, 15) is 14.7 Å². The van der Waals surface area contributed by atoms with Crippen molar-refractivity contribution in [2.24, 2.45) is 5.92 Å². The molecule has 1 aliphatic heterocycles. The van der Waals surface area contributed by atoms with Crippen LogP contribution in [0.4, 0.5) is 4.79 Å². The normalized spacial score (nSPS) is 22.8. The van der Waals surface area contributed by atoms with E-state index in [4.69, 9.17) is 4.74 Å². The SMILES string of the molecule is CCCC(CC)NC(=O)N(CCC)C1COCC1C(=O)O. The third kappa shape index (κ3) is 4.88. The van der Waals surface area contributed by atoms with Gasteiger partial charge in [0.15, 0.2) is 0 Å². The predicted molar refractivity (Wildman–Crippen MR) is 80.2 cm³/mol. The van der Waals surface area contributed by atoms with Crippen LogP contribution in [0.5, 0.6) is 0 Å². The molecule has 0 aromatic rings. The molecule has 1 saturated heterocycles. The zero-order valence-electron chi connectivity index (χ0n) is 13.3. The summed E-state index contributed by atoms with van der Waals surface area (Å²) in [5.74, 6) is -1.53. The lowest BCUT2D eigenvalue weighted by Gasteiger charge is -2.32. The molecule has 2 N–H and O–H groups in total. The molecule has 0 aliphatic carbocycles. The van der Waals surface area contributed by atoms with Crippen LogP contribution in [0, 0.1) is 5.92 Å². The molecular weight excluding hydrogens is 272 g/mol. The van der Waals surface area contributed by atoms with E-state index in [0.717, 1.165) is 25.7 Å². The molecule has 1 rings (SSSR count). The Hall–Kier alpha value is -1.30. The van der Waals surface area contributed by atoms with Gasteiger partial charge in [0.05, 0.1) is 19.3 Å². The van der Waals surface area contributed by atoms with Crippen LogP contribution in [-0.4, -0.2) is 53.8 Å². The molecule has 3 unspecified atom stereocenters. The second-order valence-corrected chi connectivity index (χ2v) is 5.59. The van der Waals surface area contributed by atoms with Crippen molar-refractivity contribution in [3.63, 3.8) is 0 Å². The van der Waals surface area contributed by atoms with E-state index >= 15 is 0 Å². The van der Waals surface area contributed by atoms with Crippen molar-refractivity contribution in [2.75, 3.05) is 19.8 Å². The average molecular weight is 300 g/mol. The number of carboxylic acid groups (broad SMARTS) is 1. The van der Waals surface area contributed by atoms with Crippen molar-refractivity contribution in [1.29, 1.82) is 0 Å². The Balaban J connectivity index is 2.75. The third-order valence-corrected chi connectivity index (χ3v) is 3.95. The average Bonchev–Trinajstić information content (AvgIpc) is 2.93. The summed E-state index contributed by atoms with van der Waals surface area (Å²) in [4.78, 5) is 25.4. The van der Waals surface area contributed by atoms with Crippen molar-refractivity contribution in [2.45, 2.75) is 58.5 Å². The number of carbonyl (C=O) groups excluding carboxylic acids is 1. The van der Waals surface area contributed by atoms with E-state index in [2.05, 4.69) is 12.2 Å². The van der Waals surface area contributed by atoms with E-state index in [1.165, 1.54) is 0 Å². The molecule has 0 spiro atoms. The highest BCUT2D eigenvalue weighted by molar-refractivity contribution is 5.77. The van der Waals surface area contributed by atoms with Crippen LogP contribution in [-0.2, 0) is 9.53 Å². The molecule has 6 nitrogen and oxygen atoms in total. The van der Waals surface area contributed by atoms with Crippen molar-refractivity contribution < 1.29 is 19.4 Å². The molecule has 1 aliphatic rings. The summed E-state index contributed by atoms with van der Waals surface area (Å²) in [6.45, 7) is 7.14. The van der Waals surface area contributed by atoms with Crippen molar-refractivity contribution in [1.82, 2.24) is 10.2 Å². The van der Waals surface area contributed by atoms with E-state index in [1.807, 2.05) is 13.8 Å². The highest BCUT2D eigenvalue weighted by Crippen LogP contribution is 2.21. The molecule has 0 aromatic heterocycles. The lowest BCUT2D eigenvalue weighted by molar-refractivity contribution is -0.142. The predicted octanol–water partition coefficient (Wildman–Crippen LogP) is 2.09. The Kier molecular flexibility index (Phi) is 7.50. The fourth-order valence-corrected chi connectivity index (χ4v) is 2.73. The van der Waals surface area contributed by atoms with Crippen molar-refractivity contribution in [3.8, 4) is 0 Å². The van der Waals surface area contributed by atoms with Gasteiger partial charge in [0.2, 0.25) is 0 Å². The van der Waals surface area contributed by atoms with Gasteiger partial charge >= 0.3 is 12.0 Å². The number of carbonyl (C=O) groups is 2. The van der Waals surface area contributed by atoms with Gasteiger partial charge in [0.1, 0.15) is 5.92 Å². The van der Waals surface area contributed by atoms with Gasteiger partial charge < -0.3 is 20.1 Å². The molecule has 122 valence electrons. The van der Waals surface area contributed by atoms with Crippen LogP contribution < -0.4 is 5.32 Å². The number of amides is 2. The first kappa shape index (κ1) is 17.8. The summed E-state index contributed by atoms with van der Waals surface area (Å²) in [5, 5.41) is 12.3. The third-order valence-electron chi connectivity index (χ3n) is 3.95. The van der Waals surface area contributed by atoms with Crippen molar-refractivity contribution >= 4 is 12.0 Å². The minimum Gasteiger partial charge on any atom is -0.481 e. The highest BCUT2D eigenvalue weighted by Gasteiger charge is 2.40. The summed E-state index contributed by atoms with van der Waals surface area (Å²) in [5.41, 5.74) is 0. The quantitative estimate of drug-likeness (QED) is 0.719. The molecule has 6 heteroatoms. The van der Waals surface area contributed by atoms with Crippen LogP contribution in [0.3, 0.4) is 0 Å². The molecule has 0 saturated carbocycles. The van der Waals surface area contributed by atoms with Gasteiger partial charge in [-0.15, -0.1) is 0 Å². The van der Waals surface area contributed by atoms with E-state index in [-0.39, 0.29) is 24.7 Å². The lowest BCUT2D eigenvalue weighted by atomic mass is 10.0. The van der Waals surface area contributed by atoms with Gasteiger partial charge in [-0.25, -0.2) is 4.79 Å². The number of aliphatic carboxylic acids is 1. The fraction of sp³-hybridized carbons (Fsp3) is 0.867. The van der Waals surface area contributed by atoms with Crippen LogP contribution in [0.15, 0.2) is 0 Å². The lowest BCUT2D eigenvalue weighted by Crippen LogP contribution is -2.52. The van der Waals surface area contributed by atoms with E-state index < -0.39 is 11.9 Å². The molecule has 0 bridgehead atoms. The fourth-order valence-electron chi connectivity index (χ4n) is 2.73. The number of hydrogen-bond donors (Lipinski definition) is 2. The molecule has 21 heavy (non-hydrogen) atoms. The van der Waals surface area contributed by atoms with Gasteiger partial charge in [-0.3, -0.25) is 4.79 Å². The maximum absolute atomic E-state index is 12.5. The van der Waals surface area contributed by atoms with Crippen LogP contribution >= 0.6 is 0 Å². The van der Waals surface area contributed by atoms with Crippen LogP contribution in [0.25, 0.3) is 0 Å². The number of ether oxygens (including phenoxy) is 1. The number of rotatable bonds is 8. The second kappa shape index (κ2) is 8.87. The topological polar surface area (TPSA) is 78.9 Å². The van der Waals surface area contributed by atoms with E-state index in [0.29, 0.717) is 13.2 Å². The Morgan fingerprint density at radius 2 is 2.00 bits per heavy atom. The Morgan fingerprint density at radius 1 is 1.29 bits per heavy atom. The van der Waals surface area contributed by atoms with Gasteiger partial charge in [0, 0.05) is 12.6 Å². The minimum atomic E-state index is -0.896. The molecule has 2 amide bonds. The first-order valence-corrected chi connectivity index (χ1v) is 7.92. The number of hydrogen-bond acceptors (Lipinski definition) is 3. The first-order chi connectivity index (χ1) is 10.0. The zero-order chi connectivity index (χ0) is 15.8. The standard InChI is InChI=1S/C15H28N2O4/c1-4-7-11(6-3)16-15(20)17(8-5-2)13-10-21-9-12(13)14(18)19/h11-13H,4-10H2,1-3H3,(H,16,20)(H,18,19). The summed E-state index contributed by atoms with van der Waals surface area (Å²) < 4.78 is 5.28. The maximum Gasteiger partial charge on any atom is 0.317 e. The molecule has 0 aromatic carbocycles. The Morgan fingerprint density at radius 3 is 2.52 bits per heavy atom. The maximum atomic E-state index is 12.5. The largest absolute Gasteiger partial charge is 0.481 e. The molecule has 0 radical (unpaired) electrons. The van der Waals surface area contributed by atoms with Gasteiger partial charge in [0.25, 0.3) is 0 Å². The van der Waals surface area contributed by atoms with E-state index in [1.54, 1.807) is 4.90 Å². The minimum absolute atomic E-state index is 0.146. The number of urea groups is 1. The summed E-state index contributed by atoms with van der Waals surface area (Å²) in [7, 11) is 0. The number of nitrogens with zero attached hydrogens (tertiary/aromatic N) is 1. The Bertz CT molecular complexity index is 349. The monoisotopic (exact) mass is 300 g/mol. The first-order valence-electron chi connectivity index (χ1n) is 7.92. The van der Waals surface area contributed by atoms with Crippen molar-refractivity contribution in [3.05, 3.63) is 0 Å². The molecule has 1 fully saturated rings. The zero-order valence-corrected chi connectivity index (χ0v) is 13.3. The van der Waals surface area contributed by atoms with Crippen LogP contribution in [0.1, 0.15) is 46.5 Å². The smallest absolute Gasteiger partial charge is 0.317 e. The van der Waals surface area contributed by atoms with Gasteiger partial charge in [-0.05, 0) is 19.3 Å². The van der Waals surface area contributed by atoms with Gasteiger partial charge in [-0.1, -0.05) is 27.2 Å². The summed E-state index contributed by atoms with van der Waals surface area (Å²) in [6, 6.07) is -0.395. The second-order valence-electron chi connectivity index (χ2n) is 5.59. The van der Waals surface area contributed by atoms with Gasteiger partial charge in [-0.2, -0.15) is 0 Å². The molecule has 1 heterocycles. The molecule has 3 atom stereocenters. The highest BCUT2D eigenvalue weighted by atomic mass is 16.5. The Labute approximate surface area is 126 Å².